The molecule has 0 aliphatic rings. The van der Waals surface area contributed by atoms with Gasteiger partial charge in [-0.1, -0.05) is 0 Å². The first-order chi connectivity index (χ1) is 10.8. The van der Waals surface area contributed by atoms with Crippen molar-refractivity contribution in [3.8, 4) is 11.8 Å². The number of benzene rings is 1. The standard InChI is InChI=1S/C10H8O.5CO.W/c1-11-9-5-8-10-6-3-2-4-7-10;5*1-2;/h2-4,6-7H,1H3;;;;;;. The van der Waals surface area contributed by atoms with Crippen molar-refractivity contribution in [3.63, 3.8) is 0 Å². The molecule has 0 radical (unpaired) electrons. The van der Waals surface area contributed by atoms with Crippen molar-refractivity contribution in [3.05, 3.63) is 69.1 Å². The molecule has 22 heavy (non-hydrogen) atoms. The monoisotopic (exact) mass is 468 g/mol. The van der Waals surface area contributed by atoms with E-state index in [-0.39, 0.29) is 0 Å². The summed E-state index contributed by atoms with van der Waals surface area (Å²) in [6.45, 7) is 22.5. The zero-order valence-corrected chi connectivity index (χ0v) is 14.2. The predicted molar refractivity (Wildman–Crippen MR) is 65.0 cm³/mol. The first-order valence-corrected chi connectivity index (χ1v) is 5.96. The van der Waals surface area contributed by atoms with Gasteiger partial charge in [0.15, 0.2) is 0 Å². The number of methoxy groups -OCH3 is 1. The Kier molecular flexibility index (Phi) is 62.4. The normalized spacial score (nSPS) is 5.05. The van der Waals surface area contributed by atoms with E-state index in [9.17, 15) is 0 Å². The van der Waals surface area contributed by atoms with Crippen LogP contribution >= 0.6 is 0 Å². The molecule has 0 aromatic heterocycles. The van der Waals surface area contributed by atoms with Crippen LogP contribution in [0, 0.1) is 45.1 Å². The minimum atomic E-state index is 0.818. The fourth-order valence-corrected chi connectivity index (χ4v) is 0.879. The SMILES string of the molecule is CO[C](=[W])C#Cc1ccccc1.[C-]#[O+].[C-]#[O+].[C-]#[O+].[C-]#[O+].[C-]#[O+]. The summed E-state index contributed by atoms with van der Waals surface area (Å²) in [7, 11) is 1.64. The number of hydrogen-bond acceptors (Lipinski definition) is 1. The first kappa shape index (κ1) is 32.1. The summed E-state index contributed by atoms with van der Waals surface area (Å²) in [6, 6.07) is 9.87. The summed E-state index contributed by atoms with van der Waals surface area (Å²) in [6.07, 6.45) is 0. The van der Waals surface area contributed by atoms with Gasteiger partial charge in [-0.25, -0.2) is 0 Å². The van der Waals surface area contributed by atoms with Crippen molar-refractivity contribution in [2.75, 3.05) is 7.11 Å². The molecule has 1 rings (SSSR count). The van der Waals surface area contributed by atoms with Crippen LogP contribution in [-0.2, 0) is 47.4 Å². The Labute approximate surface area is 139 Å². The summed E-state index contributed by atoms with van der Waals surface area (Å²) in [5.74, 6) is 5.93. The molecule has 0 heterocycles. The minimum absolute atomic E-state index is 0.818. The Balaban J connectivity index is -0.0000000822. The molecule has 0 bridgehead atoms. The maximum atomic E-state index is 7.50. The second-order valence-electron chi connectivity index (χ2n) is 2.11. The van der Waals surface area contributed by atoms with E-state index in [1.54, 1.807) is 7.11 Å². The van der Waals surface area contributed by atoms with Crippen LogP contribution < -0.4 is 0 Å². The molecule has 0 aliphatic carbocycles. The molecule has 0 amide bonds. The second kappa shape index (κ2) is 42.8. The van der Waals surface area contributed by atoms with Gasteiger partial charge in [-0.2, -0.15) is 0 Å². The molecule has 0 N–H and O–H groups in total. The van der Waals surface area contributed by atoms with Gasteiger partial charge in [0.05, 0.1) is 0 Å². The Hall–Kier alpha value is -2.00. The van der Waals surface area contributed by atoms with E-state index in [1.807, 2.05) is 30.3 Å². The maximum absolute atomic E-state index is 7.50. The van der Waals surface area contributed by atoms with Gasteiger partial charge in [-0.05, 0) is 0 Å². The van der Waals surface area contributed by atoms with Crippen LogP contribution in [0.2, 0.25) is 0 Å². The van der Waals surface area contributed by atoms with Gasteiger partial charge in [0.2, 0.25) is 0 Å². The van der Waals surface area contributed by atoms with Crippen LogP contribution in [-0.4, -0.2) is 11.2 Å². The summed E-state index contributed by atoms with van der Waals surface area (Å²) >= 11 is 1.26. The molecule has 0 unspecified atom stereocenters. The first-order valence-electron chi connectivity index (χ1n) is 4.50. The van der Waals surface area contributed by atoms with E-state index >= 15 is 0 Å². The second-order valence-corrected chi connectivity index (χ2v) is 3.44. The van der Waals surface area contributed by atoms with Gasteiger partial charge < -0.3 is 0 Å². The summed E-state index contributed by atoms with van der Waals surface area (Å²) < 4.78 is 43.3. The topological polar surface area (TPSA) is 109 Å². The molecular formula is C15H8O6W. The summed E-state index contributed by atoms with van der Waals surface area (Å²) in [5, 5.41) is 0. The zero-order valence-electron chi connectivity index (χ0n) is 11.2. The molecule has 110 valence electrons. The molecule has 0 spiro atoms. The van der Waals surface area contributed by atoms with Gasteiger partial charge in [0.25, 0.3) is 0 Å². The molecule has 0 fully saturated rings. The summed E-state index contributed by atoms with van der Waals surface area (Å²) in [4.78, 5) is 0. The van der Waals surface area contributed by atoms with Crippen LogP contribution in [0.25, 0.3) is 0 Å². The Morgan fingerprint density at radius 1 is 0.864 bits per heavy atom. The number of hydrogen-bond donors (Lipinski definition) is 0. The van der Waals surface area contributed by atoms with E-state index in [1.165, 1.54) is 19.4 Å². The molecule has 0 aliphatic heterocycles. The van der Waals surface area contributed by atoms with Crippen LogP contribution in [0.1, 0.15) is 5.56 Å². The molecule has 0 saturated carbocycles. The third kappa shape index (κ3) is 30.8. The van der Waals surface area contributed by atoms with Gasteiger partial charge >= 0.3 is 140 Å². The van der Waals surface area contributed by atoms with E-state index < -0.39 is 0 Å². The molecule has 7 heteroatoms. The Bertz CT molecular complexity index is 479. The van der Waals surface area contributed by atoms with Crippen molar-refractivity contribution in [1.82, 2.24) is 0 Å². The Morgan fingerprint density at radius 3 is 1.55 bits per heavy atom. The van der Waals surface area contributed by atoms with E-state index in [2.05, 4.69) is 45.1 Å². The van der Waals surface area contributed by atoms with Crippen molar-refractivity contribution in [2.24, 2.45) is 0 Å². The quantitative estimate of drug-likeness (QED) is 0.345. The number of rotatable bonds is 1. The van der Waals surface area contributed by atoms with Crippen LogP contribution in [0.15, 0.2) is 30.3 Å². The van der Waals surface area contributed by atoms with E-state index in [0.29, 0.717) is 0 Å². The molecule has 0 saturated heterocycles. The van der Waals surface area contributed by atoms with Crippen LogP contribution in [0.5, 0.6) is 0 Å². The van der Waals surface area contributed by atoms with Crippen molar-refractivity contribution in [2.45, 2.75) is 0 Å². The molecular weight excluding hydrogens is 460 g/mol. The average Bonchev–Trinajstić information content (AvgIpc) is 2.68. The predicted octanol–water partition coefficient (Wildman–Crippen LogP) is 1.17. The Morgan fingerprint density at radius 2 is 1.23 bits per heavy atom. The average molecular weight is 468 g/mol. The molecule has 6 nitrogen and oxygen atoms in total. The van der Waals surface area contributed by atoms with Crippen molar-refractivity contribution < 1.29 is 47.4 Å². The number of ether oxygens (including phenoxy) is 1. The fourth-order valence-electron chi connectivity index (χ4n) is 0.696. The van der Waals surface area contributed by atoms with E-state index in [0.717, 1.165) is 9.65 Å². The van der Waals surface area contributed by atoms with E-state index in [4.69, 9.17) is 28.0 Å². The fraction of sp³-hybridized carbons (Fsp3) is 0.0667. The van der Waals surface area contributed by atoms with Crippen molar-refractivity contribution in [1.29, 1.82) is 0 Å². The molecule has 0 atom stereocenters. The van der Waals surface area contributed by atoms with Crippen LogP contribution in [0.3, 0.4) is 0 Å². The molecule has 1 aromatic rings. The van der Waals surface area contributed by atoms with Gasteiger partial charge in [-0.15, -0.1) is 0 Å². The van der Waals surface area contributed by atoms with Gasteiger partial charge in [0, 0.05) is 0 Å². The van der Waals surface area contributed by atoms with Gasteiger partial charge in [-0.3, -0.25) is 0 Å². The third-order valence-corrected chi connectivity index (χ3v) is 2.23. The van der Waals surface area contributed by atoms with Gasteiger partial charge in [0.1, 0.15) is 0 Å². The molecule has 1 aromatic carbocycles. The summed E-state index contributed by atoms with van der Waals surface area (Å²) in [5.41, 5.74) is 1.02. The zero-order chi connectivity index (χ0) is 18.8. The third-order valence-electron chi connectivity index (χ3n) is 1.27. The van der Waals surface area contributed by atoms with Crippen LogP contribution in [0.4, 0.5) is 0 Å². The van der Waals surface area contributed by atoms with Crippen molar-refractivity contribution >= 4 is 4.08 Å².